The predicted molar refractivity (Wildman–Crippen MR) is 83.5 cm³/mol. The molecule has 0 unspecified atom stereocenters. The average molecular weight is 278 g/mol. The number of hydrogen-bond donors (Lipinski definition) is 0. The standard InChI is InChI=1S/C18H14O3/c19-18-13-17(15-10-4-5-11-16(15)21-18)20-12-6-9-14-7-2-1-3-8-14/h1-11,13H,12H2/b9-6+. The zero-order valence-electron chi connectivity index (χ0n) is 11.4. The van der Waals surface area contributed by atoms with Gasteiger partial charge in [-0.3, -0.25) is 0 Å². The summed E-state index contributed by atoms with van der Waals surface area (Å²) in [5.74, 6) is 0.541. The molecule has 0 N–H and O–H groups in total. The Morgan fingerprint density at radius 2 is 1.76 bits per heavy atom. The molecule has 0 aliphatic carbocycles. The van der Waals surface area contributed by atoms with Crippen LogP contribution in [0.25, 0.3) is 17.0 Å². The minimum atomic E-state index is -0.407. The van der Waals surface area contributed by atoms with Crippen molar-refractivity contribution in [3.63, 3.8) is 0 Å². The lowest BCUT2D eigenvalue weighted by atomic mass is 10.2. The molecule has 0 radical (unpaired) electrons. The zero-order valence-corrected chi connectivity index (χ0v) is 11.4. The van der Waals surface area contributed by atoms with Crippen LogP contribution in [0, 0.1) is 0 Å². The number of benzene rings is 2. The summed E-state index contributed by atoms with van der Waals surface area (Å²) in [5.41, 5.74) is 1.24. The molecule has 0 saturated heterocycles. The maximum absolute atomic E-state index is 11.5. The molecule has 0 spiro atoms. The molecular weight excluding hydrogens is 264 g/mol. The number of ether oxygens (including phenoxy) is 1. The second-order valence-electron chi connectivity index (χ2n) is 4.55. The molecule has 0 amide bonds. The van der Waals surface area contributed by atoms with E-state index in [0.717, 1.165) is 10.9 Å². The average Bonchev–Trinajstić information content (AvgIpc) is 2.52. The highest BCUT2D eigenvalue weighted by Gasteiger charge is 2.04. The van der Waals surface area contributed by atoms with Gasteiger partial charge in [-0.1, -0.05) is 48.5 Å². The first-order chi connectivity index (χ1) is 10.3. The maximum atomic E-state index is 11.5. The Bertz CT molecular complexity index is 816. The fraction of sp³-hybridized carbons (Fsp3) is 0.0556. The molecule has 1 heterocycles. The quantitative estimate of drug-likeness (QED) is 0.680. The van der Waals surface area contributed by atoms with Crippen LogP contribution < -0.4 is 10.4 Å². The number of hydrogen-bond acceptors (Lipinski definition) is 3. The van der Waals surface area contributed by atoms with Crippen LogP contribution in [-0.4, -0.2) is 6.61 Å². The van der Waals surface area contributed by atoms with Crippen LogP contribution in [0.2, 0.25) is 0 Å². The first kappa shape index (κ1) is 13.2. The fourth-order valence-corrected chi connectivity index (χ4v) is 2.09. The van der Waals surface area contributed by atoms with E-state index in [2.05, 4.69) is 0 Å². The SMILES string of the molecule is O=c1cc(OC/C=C/c2ccccc2)c2ccccc2o1. The van der Waals surface area contributed by atoms with Gasteiger partial charge in [0, 0.05) is 0 Å². The topological polar surface area (TPSA) is 39.4 Å². The van der Waals surface area contributed by atoms with Gasteiger partial charge >= 0.3 is 5.63 Å². The van der Waals surface area contributed by atoms with E-state index in [9.17, 15) is 4.79 Å². The van der Waals surface area contributed by atoms with Gasteiger partial charge in [0.2, 0.25) is 0 Å². The van der Waals surface area contributed by atoms with Gasteiger partial charge in [0.25, 0.3) is 0 Å². The van der Waals surface area contributed by atoms with E-state index < -0.39 is 5.63 Å². The first-order valence-electron chi connectivity index (χ1n) is 6.70. The molecule has 2 aromatic carbocycles. The van der Waals surface area contributed by atoms with Crippen molar-refractivity contribution in [1.29, 1.82) is 0 Å². The highest BCUT2D eigenvalue weighted by molar-refractivity contribution is 5.82. The summed E-state index contributed by atoms with van der Waals surface area (Å²) in [5, 5.41) is 0.796. The zero-order chi connectivity index (χ0) is 14.5. The Morgan fingerprint density at radius 3 is 2.62 bits per heavy atom. The second-order valence-corrected chi connectivity index (χ2v) is 4.55. The van der Waals surface area contributed by atoms with E-state index in [1.807, 2.05) is 60.7 Å². The van der Waals surface area contributed by atoms with Crippen LogP contribution >= 0.6 is 0 Å². The molecule has 3 rings (SSSR count). The Morgan fingerprint density at radius 1 is 1.00 bits per heavy atom. The highest BCUT2D eigenvalue weighted by atomic mass is 16.5. The van der Waals surface area contributed by atoms with Gasteiger partial charge < -0.3 is 9.15 Å². The first-order valence-corrected chi connectivity index (χ1v) is 6.70. The molecule has 0 atom stereocenters. The molecule has 3 aromatic rings. The monoisotopic (exact) mass is 278 g/mol. The Labute approximate surface area is 122 Å². The number of para-hydroxylation sites is 1. The lowest BCUT2D eigenvalue weighted by molar-refractivity contribution is 0.364. The third-order valence-electron chi connectivity index (χ3n) is 3.06. The molecule has 1 aromatic heterocycles. The van der Waals surface area contributed by atoms with Crippen molar-refractivity contribution in [2.45, 2.75) is 0 Å². The summed E-state index contributed by atoms with van der Waals surface area (Å²) >= 11 is 0. The number of rotatable bonds is 4. The smallest absolute Gasteiger partial charge is 0.339 e. The lowest BCUT2D eigenvalue weighted by Crippen LogP contribution is -2.01. The number of fused-ring (bicyclic) bond motifs is 1. The summed E-state index contributed by atoms with van der Waals surface area (Å²) < 4.78 is 10.8. The van der Waals surface area contributed by atoms with Crippen molar-refractivity contribution in [2.75, 3.05) is 6.61 Å². The van der Waals surface area contributed by atoms with Gasteiger partial charge in [-0.2, -0.15) is 0 Å². The minimum Gasteiger partial charge on any atom is -0.488 e. The van der Waals surface area contributed by atoms with Crippen molar-refractivity contribution in [3.8, 4) is 5.75 Å². The van der Waals surface area contributed by atoms with Crippen LogP contribution in [0.1, 0.15) is 5.56 Å². The molecule has 0 aliphatic rings. The predicted octanol–water partition coefficient (Wildman–Crippen LogP) is 3.89. The molecule has 0 saturated carbocycles. The van der Waals surface area contributed by atoms with Gasteiger partial charge in [-0.25, -0.2) is 4.79 Å². The molecule has 3 heteroatoms. The van der Waals surface area contributed by atoms with Gasteiger partial charge in [0.05, 0.1) is 11.5 Å². The molecule has 104 valence electrons. The third kappa shape index (κ3) is 3.20. The van der Waals surface area contributed by atoms with Crippen LogP contribution in [0.4, 0.5) is 0 Å². The maximum Gasteiger partial charge on any atom is 0.339 e. The van der Waals surface area contributed by atoms with Gasteiger partial charge in [-0.05, 0) is 23.8 Å². The van der Waals surface area contributed by atoms with E-state index in [1.54, 1.807) is 6.07 Å². The van der Waals surface area contributed by atoms with Crippen LogP contribution in [0.3, 0.4) is 0 Å². The van der Waals surface area contributed by atoms with E-state index >= 15 is 0 Å². The van der Waals surface area contributed by atoms with Gasteiger partial charge in [0.1, 0.15) is 17.9 Å². The second kappa shape index (κ2) is 6.09. The third-order valence-corrected chi connectivity index (χ3v) is 3.06. The van der Waals surface area contributed by atoms with Crippen LogP contribution in [0.5, 0.6) is 5.75 Å². The largest absolute Gasteiger partial charge is 0.488 e. The van der Waals surface area contributed by atoms with Crippen molar-refractivity contribution in [1.82, 2.24) is 0 Å². The van der Waals surface area contributed by atoms with Crippen molar-refractivity contribution in [3.05, 3.63) is 82.7 Å². The minimum absolute atomic E-state index is 0.391. The summed E-state index contributed by atoms with van der Waals surface area (Å²) in [4.78, 5) is 11.5. The Balaban J connectivity index is 1.77. The summed E-state index contributed by atoms with van der Waals surface area (Å²) in [6.07, 6.45) is 3.90. The van der Waals surface area contributed by atoms with Crippen molar-refractivity contribution < 1.29 is 9.15 Å². The van der Waals surface area contributed by atoms with E-state index in [0.29, 0.717) is 17.9 Å². The normalized spacial score (nSPS) is 11.0. The molecule has 0 bridgehead atoms. The highest BCUT2D eigenvalue weighted by Crippen LogP contribution is 2.23. The summed E-state index contributed by atoms with van der Waals surface area (Å²) in [6.45, 7) is 0.391. The van der Waals surface area contributed by atoms with Crippen LogP contribution in [0.15, 0.2) is 76.0 Å². The summed E-state index contributed by atoms with van der Waals surface area (Å²) in [6, 6.07) is 18.7. The summed E-state index contributed by atoms with van der Waals surface area (Å²) in [7, 11) is 0. The van der Waals surface area contributed by atoms with Gasteiger partial charge in [-0.15, -0.1) is 0 Å². The Hall–Kier alpha value is -2.81. The van der Waals surface area contributed by atoms with E-state index in [4.69, 9.17) is 9.15 Å². The van der Waals surface area contributed by atoms with E-state index in [-0.39, 0.29) is 0 Å². The van der Waals surface area contributed by atoms with E-state index in [1.165, 1.54) is 6.07 Å². The van der Waals surface area contributed by atoms with Crippen LogP contribution in [-0.2, 0) is 0 Å². The lowest BCUT2D eigenvalue weighted by Gasteiger charge is -2.05. The fourth-order valence-electron chi connectivity index (χ4n) is 2.09. The van der Waals surface area contributed by atoms with Crippen molar-refractivity contribution >= 4 is 17.0 Å². The molecular formula is C18H14O3. The Kier molecular flexibility index (Phi) is 3.83. The molecule has 21 heavy (non-hydrogen) atoms. The molecule has 3 nitrogen and oxygen atoms in total. The molecule has 0 aliphatic heterocycles. The molecule has 0 fully saturated rings. The van der Waals surface area contributed by atoms with Crippen molar-refractivity contribution in [2.24, 2.45) is 0 Å². The van der Waals surface area contributed by atoms with Gasteiger partial charge in [0.15, 0.2) is 0 Å².